The summed E-state index contributed by atoms with van der Waals surface area (Å²) in [7, 11) is -3.27. The van der Waals surface area contributed by atoms with E-state index in [-0.39, 0.29) is 4.90 Å². The molecule has 0 bridgehead atoms. The first-order chi connectivity index (χ1) is 14.4. The number of nitrogens with one attached hydrogen (secondary N) is 1. The maximum atomic E-state index is 11.6. The van der Waals surface area contributed by atoms with Gasteiger partial charge in [-0.3, -0.25) is 0 Å². The van der Waals surface area contributed by atoms with Gasteiger partial charge in [0.1, 0.15) is 35.6 Å². The van der Waals surface area contributed by atoms with Gasteiger partial charge >= 0.3 is 0 Å². The van der Waals surface area contributed by atoms with Gasteiger partial charge in [0.15, 0.2) is 9.84 Å². The summed E-state index contributed by atoms with van der Waals surface area (Å²) >= 11 is 0. The molecule has 0 aliphatic rings. The number of nitrogens with zero attached hydrogens (tertiary/aromatic N) is 1. The summed E-state index contributed by atoms with van der Waals surface area (Å²) in [4.78, 5) is 3.28. The predicted octanol–water partition coefficient (Wildman–Crippen LogP) is 4.81. The maximum absolute atomic E-state index is 11.6. The zero-order valence-corrected chi connectivity index (χ0v) is 16.9. The van der Waals surface area contributed by atoms with Crippen molar-refractivity contribution in [2.24, 2.45) is 0 Å². The van der Waals surface area contributed by atoms with Crippen LogP contribution < -0.4 is 9.47 Å². The highest BCUT2D eigenvalue weighted by atomic mass is 32.2. The van der Waals surface area contributed by atoms with Crippen molar-refractivity contribution in [2.45, 2.75) is 11.5 Å². The molecule has 7 heteroatoms. The second-order valence-corrected chi connectivity index (χ2v) is 8.82. The van der Waals surface area contributed by atoms with Crippen molar-refractivity contribution in [1.82, 2.24) is 4.98 Å². The molecule has 0 atom stereocenters. The van der Waals surface area contributed by atoms with Crippen LogP contribution in [0.2, 0.25) is 0 Å². The summed E-state index contributed by atoms with van der Waals surface area (Å²) in [5.41, 5.74) is 2.15. The molecule has 1 heterocycles. The van der Waals surface area contributed by atoms with Gasteiger partial charge in [-0.15, -0.1) is 0 Å². The lowest BCUT2D eigenvalue weighted by molar-refractivity contribution is 0.308. The number of aromatic nitrogens is 1. The standard InChI is InChI=1S/C23H18N2O4S/c1-30(26,27)21-9-7-19(8-10-21)29-20-12-17-11-18(14-24)25-23(17)22(13-20)28-15-16-5-3-2-4-6-16/h2-13,25H,15H2,1H3. The third-order valence-electron chi connectivity index (χ3n) is 4.51. The van der Waals surface area contributed by atoms with E-state index in [1.165, 1.54) is 12.1 Å². The van der Waals surface area contributed by atoms with Crippen molar-refractivity contribution < 1.29 is 17.9 Å². The molecule has 3 aromatic carbocycles. The molecule has 0 saturated carbocycles. The molecule has 0 amide bonds. The molecule has 0 spiro atoms. The maximum Gasteiger partial charge on any atom is 0.175 e. The van der Waals surface area contributed by atoms with Crippen molar-refractivity contribution >= 4 is 20.7 Å². The Balaban J connectivity index is 1.65. The minimum atomic E-state index is -3.27. The smallest absolute Gasteiger partial charge is 0.175 e. The van der Waals surface area contributed by atoms with Crippen LogP contribution in [0.1, 0.15) is 11.3 Å². The van der Waals surface area contributed by atoms with Crippen LogP contribution in [0.4, 0.5) is 0 Å². The average molecular weight is 418 g/mol. The first kappa shape index (κ1) is 19.6. The van der Waals surface area contributed by atoms with Gasteiger partial charge in [-0.25, -0.2) is 8.42 Å². The number of ether oxygens (including phenoxy) is 2. The molecule has 150 valence electrons. The molecule has 4 rings (SSSR count). The highest BCUT2D eigenvalue weighted by molar-refractivity contribution is 7.90. The van der Waals surface area contributed by atoms with Crippen LogP contribution >= 0.6 is 0 Å². The van der Waals surface area contributed by atoms with E-state index in [2.05, 4.69) is 11.1 Å². The van der Waals surface area contributed by atoms with Crippen LogP contribution in [0.15, 0.2) is 77.7 Å². The van der Waals surface area contributed by atoms with Crippen molar-refractivity contribution in [3.8, 4) is 23.3 Å². The molecule has 1 N–H and O–H groups in total. The Labute approximate surface area is 174 Å². The van der Waals surface area contributed by atoms with Gasteiger partial charge in [0.25, 0.3) is 0 Å². The molecule has 0 aliphatic heterocycles. The first-order valence-electron chi connectivity index (χ1n) is 9.14. The van der Waals surface area contributed by atoms with Gasteiger partial charge in [-0.05, 0) is 42.0 Å². The molecule has 0 saturated heterocycles. The number of benzene rings is 3. The minimum Gasteiger partial charge on any atom is -0.487 e. The highest BCUT2D eigenvalue weighted by Gasteiger charge is 2.12. The molecule has 0 aliphatic carbocycles. The third kappa shape index (κ3) is 4.29. The van der Waals surface area contributed by atoms with Crippen LogP contribution in [-0.2, 0) is 16.4 Å². The summed E-state index contributed by atoms with van der Waals surface area (Å²) in [6.07, 6.45) is 1.16. The first-order valence-corrected chi connectivity index (χ1v) is 11.0. The van der Waals surface area contributed by atoms with E-state index in [0.29, 0.717) is 35.1 Å². The monoisotopic (exact) mass is 418 g/mol. The number of hydrogen-bond donors (Lipinski definition) is 1. The molecule has 0 radical (unpaired) electrons. The summed E-state index contributed by atoms with van der Waals surface area (Å²) in [5.74, 6) is 1.56. The van der Waals surface area contributed by atoms with E-state index < -0.39 is 9.84 Å². The molecular weight excluding hydrogens is 400 g/mol. The number of H-pyrrole nitrogens is 1. The largest absolute Gasteiger partial charge is 0.487 e. The fraction of sp³-hybridized carbons (Fsp3) is 0.0870. The number of nitriles is 1. The Kier molecular flexibility index (Phi) is 5.17. The van der Waals surface area contributed by atoms with E-state index >= 15 is 0 Å². The van der Waals surface area contributed by atoms with Gasteiger partial charge in [-0.1, -0.05) is 30.3 Å². The highest BCUT2D eigenvalue weighted by Crippen LogP contribution is 2.34. The van der Waals surface area contributed by atoms with E-state index in [4.69, 9.17) is 9.47 Å². The van der Waals surface area contributed by atoms with Crippen LogP contribution in [0.5, 0.6) is 17.2 Å². The lowest BCUT2D eigenvalue weighted by atomic mass is 10.2. The fourth-order valence-electron chi connectivity index (χ4n) is 3.04. The van der Waals surface area contributed by atoms with E-state index in [9.17, 15) is 13.7 Å². The van der Waals surface area contributed by atoms with Crippen molar-refractivity contribution in [1.29, 1.82) is 5.26 Å². The number of rotatable bonds is 6. The summed E-state index contributed by atoms with van der Waals surface area (Å²) < 4.78 is 35.2. The Morgan fingerprint density at radius 1 is 0.967 bits per heavy atom. The van der Waals surface area contributed by atoms with Crippen molar-refractivity contribution in [3.05, 3.63) is 84.1 Å². The number of sulfone groups is 1. The lowest BCUT2D eigenvalue weighted by Gasteiger charge is -2.11. The van der Waals surface area contributed by atoms with Crippen molar-refractivity contribution in [3.63, 3.8) is 0 Å². The normalized spacial score (nSPS) is 11.2. The molecule has 6 nitrogen and oxygen atoms in total. The number of hydrogen-bond acceptors (Lipinski definition) is 5. The lowest BCUT2D eigenvalue weighted by Crippen LogP contribution is -1.97. The second kappa shape index (κ2) is 7.93. The van der Waals surface area contributed by atoms with E-state index in [0.717, 1.165) is 17.2 Å². The molecule has 30 heavy (non-hydrogen) atoms. The summed E-state index contributed by atoms with van der Waals surface area (Å²) in [5, 5.41) is 10.0. The molecule has 4 aromatic rings. The van der Waals surface area contributed by atoms with Gasteiger partial charge < -0.3 is 14.5 Å². The van der Waals surface area contributed by atoms with Crippen molar-refractivity contribution in [2.75, 3.05) is 6.26 Å². The quantitative estimate of drug-likeness (QED) is 0.485. The molecular formula is C23H18N2O4S. The molecule has 0 fully saturated rings. The average Bonchev–Trinajstić information content (AvgIpc) is 3.16. The van der Waals surface area contributed by atoms with E-state index in [1.54, 1.807) is 30.3 Å². The Morgan fingerprint density at radius 3 is 2.37 bits per heavy atom. The van der Waals surface area contributed by atoms with Crippen LogP contribution in [-0.4, -0.2) is 19.7 Å². The molecule has 1 aromatic heterocycles. The van der Waals surface area contributed by atoms with Gasteiger partial charge in [-0.2, -0.15) is 5.26 Å². The second-order valence-electron chi connectivity index (χ2n) is 6.80. The zero-order chi connectivity index (χ0) is 21.1. The third-order valence-corrected chi connectivity index (χ3v) is 5.64. The van der Waals surface area contributed by atoms with Gasteiger partial charge in [0.05, 0.1) is 10.4 Å². The van der Waals surface area contributed by atoms with Gasteiger partial charge in [0, 0.05) is 17.7 Å². The SMILES string of the molecule is CS(=O)(=O)c1ccc(Oc2cc(OCc3ccccc3)c3[nH]c(C#N)cc3c2)cc1. The Morgan fingerprint density at radius 2 is 1.70 bits per heavy atom. The Bertz CT molecular complexity index is 1340. The van der Waals surface area contributed by atoms with Crippen LogP contribution in [0.25, 0.3) is 10.9 Å². The summed E-state index contributed by atoms with van der Waals surface area (Å²) in [6, 6.07) is 23.3. The van der Waals surface area contributed by atoms with Gasteiger partial charge in [0.2, 0.25) is 0 Å². The predicted molar refractivity (Wildman–Crippen MR) is 113 cm³/mol. The minimum absolute atomic E-state index is 0.224. The summed E-state index contributed by atoms with van der Waals surface area (Å²) in [6.45, 7) is 0.364. The number of aromatic amines is 1. The van der Waals surface area contributed by atoms with Crippen LogP contribution in [0, 0.1) is 11.3 Å². The van der Waals surface area contributed by atoms with E-state index in [1.807, 2.05) is 30.3 Å². The van der Waals surface area contributed by atoms with Crippen LogP contribution in [0.3, 0.4) is 0 Å². The number of fused-ring (bicyclic) bond motifs is 1. The molecule has 0 unspecified atom stereocenters. The zero-order valence-electron chi connectivity index (χ0n) is 16.1. The Hall–Kier alpha value is -3.76. The topological polar surface area (TPSA) is 92.2 Å². The fourth-order valence-corrected chi connectivity index (χ4v) is 3.67.